The minimum atomic E-state index is -4.27. The van der Waals surface area contributed by atoms with Crippen molar-refractivity contribution in [2.24, 2.45) is 5.92 Å². The number of carboxylic acid groups (broad SMARTS) is 1. The summed E-state index contributed by atoms with van der Waals surface area (Å²) in [6, 6.07) is 6.85. The molecule has 1 saturated heterocycles. The van der Waals surface area contributed by atoms with E-state index in [0.29, 0.717) is 16.5 Å². The van der Waals surface area contributed by atoms with Gasteiger partial charge in [-0.25, -0.2) is 4.79 Å². The number of carbonyl (C=O) groups is 1. The quantitative estimate of drug-likeness (QED) is 0.905. The molecule has 1 unspecified atom stereocenters. The standard InChI is InChI=1S/C17H18F3NO3/c1-16(2)13(17(18,19)20)7-8-21(16)9-11-10-5-3-4-6-12(10)24-14(11)15(22)23/h3-6,13H,7-9H2,1-2H3,(H,22,23). The van der Waals surface area contributed by atoms with Gasteiger partial charge in [0.25, 0.3) is 0 Å². The average molecular weight is 341 g/mol. The van der Waals surface area contributed by atoms with Crippen LogP contribution in [0.3, 0.4) is 0 Å². The van der Waals surface area contributed by atoms with Crippen LogP contribution < -0.4 is 0 Å². The first-order valence-corrected chi connectivity index (χ1v) is 7.68. The van der Waals surface area contributed by atoms with Crippen LogP contribution in [0.2, 0.25) is 0 Å². The van der Waals surface area contributed by atoms with Gasteiger partial charge >= 0.3 is 12.1 Å². The number of aromatic carboxylic acids is 1. The summed E-state index contributed by atoms with van der Waals surface area (Å²) in [7, 11) is 0. The number of benzene rings is 1. The van der Waals surface area contributed by atoms with E-state index in [0.717, 1.165) is 0 Å². The molecule has 0 saturated carbocycles. The van der Waals surface area contributed by atoms with Crippen molar-refractivity contribution in [2.45, 2.75) is 38.5 Å². The molecule has 1 N–H and O–H groups in total. The zero-order valence-corrected chi connectivity index (χ0v) is 13.4. The van der Waals surface area contributed by atoms with E-state index >= 15 is 0 Å². The minimum absolute atomic E-state index is 0.00862. The molecule has 0 radical (unpaired) electrons. The normalized spacial score (nSPS) is 21.5. The number of rotatable bonds is 3. The van der Waals surface area contributed by atoms with Gasteiger partial charge in [0, 0.05) is 23.0 Å². The van der Waals surface area contributed by atoms with Crippen LogP contribution >= 0.6 is 0 Å². The van der Waals surface area contributed by atoms with Crippen molar-refractivity contribution in [1.29, 1.82) is 0 Å². The summed E-state index contributed by atoms with van der Waals surface area (Å²) >= 11 is 0. The molecular formula is C17H18F3NO3. The lowest BCUT2D eigenvalue weighted by Crippen LogP contribution is -2.46. The van der Waals surface area contributed by atoms with Gasteiger partial charge in [-0.05, 0) is 32.9 Å². The van der Waals surface area contributed by atoms with Gasteiger partial charge in [0.05, 0.1) is 5.92 Å². The smallest absolute Gasteiger partial charge is 0.393 e. The number of likely N-dealkylation sites (tertiary alicyclic amines) is 1. The van der Waals surface area contributed by atoms with E-state index in [2.05, 4.69) is 0 Å². The van der Waals surface area contributed by atoms with Gasteiger partial charge < -0.3 is 9.52 Å². The number of para-hydroxylation sites is 1. The number of hydrogen-bond acceptors (Lipinski definition) is 3. The van der Waals surface area contributed by atoms with Crippen molar-refractivity contribution in [1.82, 2.24) is 4.90 Å². The second-order valence-corrected chi connectivity index (χ2v) is 6.67. The van der Waals surface area contributed by atoms with Gasteiger partial charge in [0.2, 0.25) is 5.76 Å². The second-order valence-electron chi connectivity index (χ2n) is 6.67. The Morgan fingerprint density at radius 1 is 1.38 bits per heavy atom. The summed E-state index contributed by atoms with van der Waals surface area (Å²) < 4.78 is 45.1. The van der Waals surface area contributed by atoms with Gasteiger partial charge in [-0.2, -0.15) is 13.2 Å². The molecule has 24 heavy (non-hydrogen) atoms. The van der Waals surface area contributed by atoms with E-state index in [1.165, 1.54) is 0 Å². The van der Waals surface area contributed by atoms with Crippen LogP contribution in [0, 0.1) is 5.92 Å². The fourth-order valence-corrected chi connectivity index (χ4v) is 3.61. The number of furan rings is 1. The summed E-state index contributed by atoms with van der Waals surface area (Å²) in [6.07, 6.45) is -4.26. The van der Waals surface area contributed by atoms with Crippen molar-refractivity contribution >= 4 is 16.9 Å². The third-order valence-electron chi connectivity index (χ3n) is 4.99. The largest absolute Gasteiger partial charge is 0.475 e. The van der Waals surface area contributed by atoms with E-state index in [4.69, 9.17) is 4.42 Å². The molecule has 1 fully saturated rings. The van der Waals surface area contributed by atoms with E-state index in [1.54, 1.807) is 43.0 Å². The van der Waals surface area contributed by atoms with Crippen LogP contribution in [0.4, 0.5) is 13.2 Å². The van der Waals surface area contributed by atoms with E-state index in [9.17, 15) is 23.1 Å². The minimum Gasteiger partial charge on any atom is -0.475 e. The molecule has 0 aliphatic carbocycles. The predicted molar refractivity (Wildman–Crippen MR) is 81.8 cm³/mol. The molecular weight excluding hydrogens is 323 g/mol. The third kappa shape index (κ3) is 2.66. The van der Waals surface area contributed by atoms with E-state index < -0.39 is 23.6 Å². The summed E-state index contributed by atoms with van der Waals surface area (Å²) in [5, 5.41) is 9.99. The van der Waals surface area contributed by atoms with Gasteiger partial charge in [0.1, 0.15) is 5.58 Å². The van der Waals surface area contributed by atoms with Gasteiger partial charge in [0.15, 0.2) is 0 Å². The Labute approximate surface area is 136 Å². The van der Waals surface area contributed by atoms with Crippen LogP contribution in [0.5, 0.6) is 0 Å². The molecule has 1 aromatic heterocycles. The fraction of sp³-hybridized carbons (Fsp3) is 0.471. The molecule has 1 aromatic carbocycles. The van der Waals surface area contributed by atoms with Crippen LogP contribution in [0.15, 0.2) is 28.7 Å². The van der Waals surface area contributed by atoms with Crippen LogP contribution in [0.1, 0.15) is 36.4 Å². The Kier molecular flexibility index (Phi) is 3.86. The third-order valence-corrected chi connectivity index (χ3v) is 4.99. The summed E-state index contributed by atoms with van der Waals surface area (Å²) in [5.41, 5.74) is -0.255. The first kappa shape index (κ1) is 16.8. The highest BCUT2D eigenvalue weighted by Gasteiger charge is 2.54. The van der Waals surface area contributed by atoms with Crippen molar-refractivity contribution in [3.8, 4) is 0 Å². The molecule has 130 valence electrons. The highest BCUT2D eigenvalue weighted by Crippen LogP contribution is 2.45. The van der Waals surface area contributed by atoms with E-state index in [-0.39, 0.29) is 25.3 Å². The molecule has 0 bridgehead atoms. The highest BCUT2D eigenvalue weighted by molar-refractivity contribution is 5.95. The Morgan fingerprint density at radius 3 is 2.62 bits per heavy atom. The number of fused-ring (bicyclic) bond motifs is 1. The summed E-state index contributed by atoms with van der Waals surface area (Å²) in [5.74, 6) is -2.86. The highest BCUT2D eigenvalue weighted by atomic mass is 19.4. The predicted octanol–water partition coefficient (Wildman–Crippen LogP) is 4.29. The van der Waals surface area contributed by atoms with Crippen molar-refractivity contribution in [2.75, 3.05) is 6.54 Å². The van der Waals surface area contributed by atoms with Crippen molar-refractivity contribution in [3.63, 3.8) is 0 Å². The maximum absolute atomic E-state index is 13.2. The monoisotopic (exact) mass is 341 g/mol. The Hall–Kier alpha value is -2.02. The number of carboxylic acids is 1. The van der Waals surface area contributed by atoms with Crippen LogP contribution in [-0.2, 0) is 6.54 Å². The number of hydrogen-bond donors (Lipinski definition) is 1. The van der Waals surface area contributed by atoms with Gasteiger partial charge in [-0.1, -0.05) is 18.2 Å². The number of halogens is 3. The molecule has 4 nitrogen and oxygen atoms in total. The molecule has 2 aromatic rings. The van der Waals surface area contributed by atoms with E-state index in [1.807, 2.05) is 0 Å². The Balaban J connectivity index is 1.99. The molecule has 2 heterocycles. The van der Waals surface area contributed by atoms with Gasteiger partial charge in [-0.3, -0.25) is 4.90 Å². The number of nitrogens with zero attached hydrogens (tertiary/aromatic N) is 1. The lowest BCUT2D eigenvalue weighted by atomic mass is 9.87. The summed E-state index contributed by atoms with van der Waals surface area (Å²) in [6.45, 7) is 3.48. The van der Waals surface area contributed by atoms with Crippen LogP contribution in [-0.4, -0.2) is 34.2 Å². The molecule has 3 rings (SSSR count). The first-order chi connectivity index (χ1) is 11.1. The molecule has 1 aliphatic heterocycles. The maximum Gasteiger partial charge on any atom is 0.393 e. The molecule has 7 heteroatoms. The molecule has 1 atom stereocenters. The molecule has 1 aliphatic rings. The maximum atomic E-state index is 13.2. The molecule has 0 spiro atoms. The molecule has 0 amide bonds. The van der Waals surface area contributed by atoms with Crippen molar-refractivity contribution < 1.29 is 27.5 Å². The van der Waals surface area contributed by atoms with Crippen LogP contribution in [0.25, 0.3) is 11.0 Å². The second kappa shape index (κ2) is 5.51. The van der Waals surface area contributed by atoms with Gasteiger partial charge in [-0.15, -0.1) is 0 Å². The Bertz CT molecular complexity index is 779. The van der Waals surface area contributed by atoms with Crippen molar-refractivity contribution in [3.05, 3.63) is 35.6 Å². The zero-order chi connectivity index (χ0) is 17.7. The SMILES string of the molecule is CC1(C)C(C(F)(F)F)CCN1Cc1c(C(=O)O)oc2ccccc12. The fourth-order valence-electron chi connectivity index (χ4n) is 3.61. The lowest BCUT2D eigenvalue weighted by molar-refractivity contribution is -0.191. The number of alkyl halides is 3. The first-order valence-electron chi connectivity index (χ1n) is 7.68. The topological polar surface area (TPSA) is 53.7 Å². The lowest BCUT2D eigenvalue weighted by Gasteiger charge is -2.36. The zero-order valence-electron chi connectivity index (χ0n) is 13.4. The summed E-state index contributed by atoms with van der Waals surface area (Å²) in [4.78, 5) is 13.1. The average Bonchev–Trinajstić information content (AvgIpc) is 2.97. The Morgan fingerprint density at radius 2 is 2.04 bits per heavy atom.